The van der Waals surface area contributed by atoms with Gasteiger partial charge in [-0.25, -0.2) is 0 Å². The molecule has 0 amide bonds. The predicted molar refractivity (Wildman–Crippen MR) is 132 cm³/mol. The summed E-state index contributed by atoms with van der Waals surface area (Å²) in [5, 5.41) is 31.2. The number of β-amino-alcohol motifs (C(OH)–C–C–N with tert-alkyl or cyclic N) is 1. The quantitative estimate of drug-likeness (QED) is 0.241. The molecule has 0 aromatic heterocycles. The zero-order valence-electron chi connectivity index (χ0n) is 20.5. The first-order valence-electron chi connectivity index (χ1n) is 12.2. The smallest absolute Gasteiger partial charge is 0.310 e. The highest BCUT2D eigenvalue weighted by molar-refractivity contribution is 5.75. The number of likely N-dealkylation sites (tertiary alicyclic amines) is 1. The summed E-state index contributed by atoms with van der Waals surface area (Å²) < 4.78 is 16.5. The van der Waals surface area contributed by atoms with Crippen LogP contribution in [0, 0.1) is 16.0 Å². The Morgan fingerprint density at radius 3 is 2.64 bits per heavy atom. The van der Waals surface area contributed by atoms with Crippen molar-refractivity contribution in [2.24, 2.45) is 5.92 Å². The first-order chi connectivity index (χ1) is 17.4. The van der Waals surface area contributed by atoms with E-state index < -0.39 is 17.0 Å². The van der Waals surface area contributed by atoms with Crippen molar-refractivity contribution in [3.05, 3.63) is 63.7 Å². The van der Waals surface area contributed by atoms with Crippen LogP contribution in [0.1, 0.15) is 30.9 Å². The first kappa shape index (κ1) is 27.4. The van der Waals surface area contributed by atoms with Crippen LogP contribution in [0.5, 0.6) is 11.5 Å². The topological polar surface area (TPSA) is 132 Å². The third-order valence-corrected chi connectivity index (χ3v) is 6.11. The lowest BCUT2D eigenvalue weighted by Crippen LogP contribution is -2.41. The molecule has 1 fully saturated rings. The lowest BCUT2D eigenvalue weighted by Gasteiger charge is -2.33. The number of nitro benzene ring substituents is 1. The van der Waals surface area contributed by atoms with Crippen LogP contribution >= 0.6 is 0 Å². The summed E-state index contributed by atoms with van der Waals surface area (Å²) in [4.78, 5) is 25.0. The molecule has 0 saturated carbocycles. The van der Waals surface area contributed by atoms with Gasteiger partial charge >= 0.3 is 5.97 Å². The summed E-state index contributed by atoms with van der Waals surface area (Å²) in [5.74, 6) is 0.769. The average Bonchev–Trinajstić information content (AvgIpc) is 2.87. The van der Waals surface area contributed by atoms with E-state index in [0.717, 1.165) is 37.2 Å². The Bertz CT molecular complexity index is 1010. The number of ether oxygens (including phenoxy) is 3. The highest BCUT2D eigenvalue weighted by Crippen LogP contribution is 2.29. The van der Waals surface area contributed by atoms with Gasteiger partial charge in [0, 0.05) is 12.6 Å². The fourth-order valence-electron chi connectivity index (χ4n) is 4.21. The number of nitrogens with zero attached hydrogens (tertiary/aromatic N) is 2. The predicted octanol–water partition coefficient (Wildman–Crippen LogP) is 2.72. The lowest BCUT2D eigenvalue weighted by atomic mass is 9.97. The van der Waals surface area contributed by atoms with Crippen LogP contribution in [0.2, 0.25) is 0 Å². The highest BCUT2D eigenvalue weighted by Gasteiger charge is 2.24. The Morgan fingerprint density at radius 1 is 1.19 bits per heavy atom. The van der Waals surface area contributed by atoms with E-state index in [9.17, 15) is 25.1 Å². The number of hydrogen-bond donors (Lipinski definition) is 2. The number of piperidine rings is 1. The van der Waals surface area contributed by atoms with Crippen LogP contribution in [0.3, 0.4) is 0 Å². The highest BCUT2D eigenvalue weighted by atomic mass is 16.6. The Hall–Kier alpha value is -3.21. The van der Waals surface area contributed by atoms with Crippen molar-refractivity contribution in [3.8, 4) is 11.5 Å². The zero-order chi connectivity index (χ0) is 25.9. The van der Waals surface area contributed by atoms with E-state index >= 15 is 0 Å². The number of benzene rings is 2. The van der Waals surface area contributed by atoms with Gasteiger partial charge in [0.25, 0.3) is 5.69 Å². The summed E-state index contributed by atoms with van der Waals surface area (Å²) in [6.07, 6.45) is 0.786. The molecular weight excluding hydrogens is 468 g/mol. The second kappa shape index (κ2) is 13.8. The van der Waals surface area contributed by atoms with Gasteiger partial charge in [-0.05, 0) is 62.5 Å². The summed E-state index contributed by atoms with van der Waals surface area (Å²) in [6, 6.07) is 11.8. The van der Waals surface area contributed by atoms with E-state index in [1.54, 1.807) is 13.0 Å². The number of esters is 1. The molecule has 3 rings (SSSR count). The Morgan fingerprint density at radius 2 is 1.94 bits per heavy atom. The molecular formula is C26H34N2O8. The van der Waals surface area contributed by atoms with Crippen molar-refractivity contribution >= 4 is 11.7 Å². The molecule has 1 atom stereocenters. The molecule has 10 heteroatoms. The SMILES string of the molecule is CCOC(=O)Cc1c(OCC(O)CN2CCC(COc3cccc(CO)c3)CC2)cccc1[N+](=O)[O-]. The minimum absolute atomic E-state index is 0.0183. The maximum atomic E-state index is 11.9. The minimum atomic E-state index is -0.797. The van der Waals surface area contributed by atoms with Crippen LogP contribution in [-0.4, -0.2) is 71.6 Å². The third-order valence-electron chi connectivity index (χ3n) is 6.11. The normalized spacial score (nSPS) is 15.3. The molecule has 1 saturated heterocycles. The fraction of sp³-hybridized carbons (Fsp3) is 0.500. The van der Waals surface area contributed by atoms with Gasteiger partial charge in [0.1, 0.15) is 24.2 Å². The molecule has 0 aliphatic carbocycles. The number of nitro groups is 1. The van der Waals surface area contributed by atoms with E-state index in [2.05, 4.69) is 4.90 Å². The molecule has 10 nitrogen and oxygen atoms in total. The van der Waals surface area contributed by atoms with Gasteiger partial charge in [0.15, 0.2) is 0 Å². The van der Waals surface area contributed by atoms with Crippen LogP contribution < -0.4 is 9.47 Å². The van der Waals surface area contributed by atoms with E-state index in [0.29, 0.717) is 19.1 Å². The lowest BCUT2D eigenvalue weighted by molar-refractivity contribution is -0.385. The van der Waals surface area contributed by atoms with Crippen molar-refractivity contribution in [1.29, 1.82) is 0 Å². The minimum Gasteiger partial charge on any atom is -0.493 e. The fourth-order valence-corrected chi connectivity index (χ4v) is 4.21. The van der Waals surface area contributed by atoms with E-state index in [4.69, 9.17) is 14.2 Å². The molecule has 0 radical (unpaired) electrons. The van der Waals surface area contributed by atoms with Gasteiger partial charge in [-0.15, -0.1) is 0 Å². The van der Waals surface area contributed by atoms with Gasteiger partial charge in [-0.2, -0.15) is 0 Å². The Kier molecular flexibility index (Phi) is 10.5. The van der Waals surface area contributed by atoms with E-state index in [1.807, 2.05) is 24.3 Å². The van der Waals surface area contributed by atoms with Crippen molar-refractivity contribution in [2.75, 3.05) is 39.5 Å². The van der Waals surface area contributed by atoms with Crippen LogP contribution in [0.4, 0.5) is 5.69 Å². The second-order valence-electron chi connectivity index (χ2n) is 8.82. The van der Waals surface area contributed by atoms with Crippen LogP contribution in [0.25, 0.3) is 0 Å². The van der Waals surface area contributed by atoms with Gasteiger partial charge in [0.05, 0.1) is 36.7 Å². The molecule has 36 heavy (non-hydrogen) atoms. The molecule has 1 aliphatic rings. The molecule has 0 bridgehead atoms. The summed E-state index contributed by atoms with van der Waals surface area (Å²) in [5.41, 5.74) is 0.734. The van der Waals surface area contributed by atoms with Crippen molar-refractivity contribution in [3.63, 3.8) is 0 Å². The number of aliphatic hydroxyl groups is 2. The molecule has 196 valence electrons. The number of carbonyl (C=O) groups excluding carboxylic acids is 1. The largest absolute Gasteiger partial charge is 0.493 e. The van der Waals surface area contributed by atoms with E-state index in [1.165, 1.54) is 12.1 Å². The maximum Gasteiger partial charge on any atom is 0.310 e. The third kappa shape index (κ3) is 8.18. The van der Waals surface area contributed by atoms with Gasteiger partial charge in [0.2, 0.25) is 0 Å². The molecule has 2 aromatic carbocycles. The average molecular weight is 503 g/mol. The van der Waals surface area contributed by atoms with E-state index in [-0.39, 0.29) is 43.2 Å². The number of rotatable bonds is 13. The molecule has 2 N–H and O–H groups in total. The molecule has 1 heterocycles. The van der Waals surface area contributed by atoms with Crippen molar-refractivity contribution in [1.82, 2.24) is 4.90 Å². The van der Waals surface area contributed by atoms with Crippen molar-refractivity contribution < 1.29 is 34.1 Å². The monoisotopic (exact) mass is 502 g/mol. The summed E-state index contributed by atoms with van der Waals surface area (Å²) in [6.45, 7) is 4.40. The van der Waals surface area contributed by atoms with Crippen LogP contribution in [0.15, 0.2) is 42.5 Å². The van der Waals surface area contributed by atoms with Gasteiger partial charge in [-0.3, -0.25) is 14.9 Å². The Labute approximate surface area is 210 Å². The standard InChI is InChI=1S/C26H34N2O8/c1-2-34-26(31)14-23-24(28(32)33)7-4-8-25(23)36-18-21(30)15-27-11-9-19(10-12-27)17-35-22-6-3-5-20(13-22)16-29/h3-8,13,19,21,29-30H,2,9-12,14-18H2,1H3. The van der Waals surface area contributed by atoms with Crippen LogP contribution in [-0.2, 0) is 22.6 Å². The zero-order valence-corrected chi connectivity index (χ0v) is 20.5. The maximum absolute atomic E-state index is 11.9. The number of hydrogen-bond acceptors (Lipinski definition) is 9. The van der Waals surface area contributed by atoms with Crippen molar-refractivity contribution in [2.45, 2.75) is 38.9 Å². The molecule has 1 unspecified atom stereocenters. The summed E-state index contributed by atoms with van der Waals surface area (Å²) in [7, 11) is 0. The van der Waals surface area contributed by atoms with Gasteiger partial charge in [-0.1, -0.05) is 18.2 Å². The second-order valence-corrected chi connectivity index (χ2v) is 8.82. The van der Waals surface area contributed by atoms with Gasteiger partial charge < -0.3 is 29.3 Å². The number of carbonyl (C=O) groups is 1. The molecule has 0 spiro atoms. The summed E-state index contributed by atoms with van der Waals surface area (Å²) >= 11 is 0. The Balaban J connectivity index is 1.46. The molecule has 2 aromatic rings. The molecule has 1 aliphatic heterocycles. The first-order valence-corrected chi connectivity index (χ1v) is 12.2. The number of aliphatic hydroxyl groups excluding tert-OH is 2.